The van der Waals surface area contributed by atoms with Crippen LogP contribution in [-0.4, -0.2) is 45.6 Å². The first-order chi connectivity index (χ1) is 14.0. The minimum Gasteiger partial charge on any atom is -0.308 e. The fraction of sp³-hybridized carbons (Fsp3) is 0.652. The van der Waals surface area contributed by atoms with Gasteiger partial charge in [0.15, 0.2) is 0 Å². The number of amides is 2. The van der Waals surface area contributed by atoms with E-state index in [9.17, 15) is 4.79 Å². The number of rotatable bonds is 10. The summed E-state index contributed by atoms with van der Waals surface area (Å²) in [6.07, 6.45) is 17.5. The van der Waals surface area contributed by atoms with Crippen molar-refractivity contribution < 1.29 is 4.79 Å². The van der Waals surface area contributed by atoms with Crippen molar-refractivity contribution in [3.05, 3.63) is 11.3 Å². The zero-order valence-corrected chi connectivity index (χ0v) is 19.1. The van der Waals surface area contributed by atoms with Gasteiger partial charge < -0.3 is 4.90 Å². The third-order valence-corrected chi connectivity index (χ3v) is 6.43. The third kappa shape index (κ3) is 5.53. The van der Waals surface area contributed by atoms with Crippen molar-refractivity contribution in [2.75, 3.05) is 18.2 Å². The number of urea groups is 1. The lowest BCUT2D eigenvalue weighted by molar-refractivity contribution is 0.0723. The lowest BCUT2D eigenvalue weighted by atomic mass is 10.1. The molecule has 1 aliphatic rings. The van der Waals surface area contributed by atoms with Crippen LogP contribution in [0.5, 0.6) is 0 Å². The molecule has 2 heterocycles. The minimum atomic E-state index is -0.0297. The summed E-state index contributed by atoms with van der Waals surface area (Å²) >= 11 is 1.45. The second kappa shape index (κ2) is 11.2. The third-order valence-electron chi connectivity index (χ3n) is 5.48. The summed E-state index contributed by atoms with van der Waals surface area (Å²) in [5.74, 6) is 5.45. The van der Waals surface area contributed by atoms with Crippen LogP contribution in [0.2, 0.25) is 0 Å². The smallest absolute Gasteiger partial charge is 0.308 e. The maximum absolute atomic E-state index is 13.4. The average molecular weight is 415 g/mol. The molecule has 158 valence electrons. The summed E-state index contributed by atoms with van der Waals surface area (Å²) < 4.78 is 4.74. The monoisotopic (exact) mass is 414 g/mol. The van der Waals surface area contributed by atoms with Crippen LogP contribution < -0.4 is 4.90 Å². The van der Waals surface area contributed by atoms with E-state index in [1.807, 2.05) is 16.7 Å². The zero-order valence-electron chi connectivity index (χ0n) is 18.3. The van der Waals surface area contributed by atoms with Crippen LogP contribution in [-0.2, 0) is 12.8 Å². The van der Waals surface area contributed by atoms with Crippen LogP contribution in [0.15, 0.2) is 0 Å². The zero-order chi connectivity index (χ0) is 21.4. The van der Waals surface area contributed by atoms with Gasteiger partial charge in [-0.1, -0.05) is 26.7 Å². The van der Waals surface area contributed by atoms with Crippen molar-refractivity contribution in [1.82, 2.24) is 14.2 Å². The summed E-state index contributed by atoms with van der Waals surface area (Å²) in [6.45, 7) is 9.57. The van der Waals surface area contributed by atoms with E-state index < -0.39 is 0 Å². The SMILES string of the molecule is C#CCC(C)N1CN(c2snc(CCCC)c2CCC)C(=O)N(C(C)CC#C)C1. The molecule has 1 saturated heterocycles. The standard InChI is InChI=1S/C23H34N4OS/c1-7-11-15-21-20(14-10-4)22(29-24-21)27-17-25(18(5)12-8-2)16-26(23(27)28)19(6)13-9-3/h2-3,18-19H,7,10-17H2,1,4-6H3. The summed E-state index contributed by atoms with van der Waals surface area (Å²) in [4.78, 5) is 19.5. The molecular weight excluding hydrogens is 380 g/mol. The molecule has 5 nitrogen and oxygen atoms in total. The van der Waals surface area contributed by atoms with Gasteiger partial charge in [-0.2, -0.15) is 4.37 Å². The highest BCUT2D eigenvalue weighted by Gasteiger charge is 2.37. The fourth-order valence-corrected chi connectivity index (χ4v) is 4.59. The molecule has 2 amide bonds. The van der Waals surface area contributed by atoms with E-state index in [0.29, 0.717) is 26.2 Å². The molecule has 1 aromatic heterocycles. The van der Waals surface area contributed by atoms with E-state index in [4.69, 9.17) is 17.2 Å². The number of hydrogen-bond donors (Lipinski definition) is 0. The molecule has 0 saturated carbocycles. The number of unbranched alkanes of at least 4 members (excludes halogenated alkanes) is 1. The topological polar surface area (TPSA) is 39.7 Å². The maximum atomic E-state index is 13.4. The van der Waals surface area contributed by atoms with Crippen molar-refractivity contribution in [3.8, 4) is 24.7 Å². The Bertz CT molecular complexity index is 760. The van der Waals surface area contributed by atoms with Crippen molar-refractivity contribution in [3.63, 3.8) is 0 Å². The van der Waals surface area contributed by atoms with E-state index in [1.165, 1.54) is 17.1 Å². The Morgan fingerprint density at radius 2 is 1.76 bits per heavy atom. The molecule has 0 N–H and O–H groups in total. The van der Waals surface area contributed by atoms with Crippen LogP contribution in [0.1, 0.15) is 71.1 Å². The predicted molar refractivity (Wildman–Crippen MR) is 122 cm³/mol. The molecule has 2 rings (SSSR count). The van der Waals surface area contributed by atoms with Gasteiger partial charge in [0.2, 0.25) is 0 Å². The molecule has 2 unspecified atom stereocenters. The Kier molecular flexibility index (Phi) is 9.01. The van der Waals surface area contributed by atoms with Crippen molar-refractivity contribution in [2.45, 2.75) is 84.7 Å². The Morgan fingerprint density at radius 1 is 1.07 bits per heavy atom. The number of aryl methyl sites for hydroxylation is 1. The number of aromatic nitrogens is 1. The second-order valence-electron chi connectivity index (χ2n) is 7.83. The highest BCUT2D eigenvalue weighted by atomic mass is 32.1. The highest BCUT2D eigenvalue weighted by molar-refractivity contribution is 7.10. The summed E-state index contributed by atoms with van der Waals surface area (Å²) in [5.41, 5.74) is 2.38. The molecule has 2 atom stereocenters. The van der Waals surface area contributed by atoms with E-state index in [2.05, 4.69) is 37.5 Å². The largest absolute Gasteiger partial charge is 0.327 e. The van der Waals surface area contributed by atoms with Crippen LogP contribution in [0.4, 0.5) is 9.80 Å². The predicted octanol–water partition coefficient (Wildman–Crippen LogP) is 4.72. The number of carbonyl (C=O) groups excluding carboxylic acids is 1. The van der Waals surface area contributed by atoms with E-state index in [-0.39, 0.29) is 18.1 Å². The Balaban J connectivity index is 2.40. The van der Waals surface area contributed by atoms with Gasteiger partial charge in [0.1, 0.15) is 5.00 Å². The van der Waals surface area contributed by atoms with Gasteiger partial charge in [0, 0.05) is 30.5 Å². The molecule has 0 aromatic carbocycles. The van der Waals surface area contributed by atoms with Gasteiger partial charge in [-0.05, 0) is 44.6 Å². The van der Waals surface area contributed by atoms with Gasteiger partial charge in [0.25, 0.3) is 0 Å². The normalized spacial score (nSPS) is 17.1. The number of nitrogens with zero attached hydrogens (tertiary/aromatic N) is 4. The van der Waals surface area contributed by atoms with Crippen LogP contribution >= 0.6 is 11.5 Å². The van der Waals surface area contributed by atoms with Gasteiger partial charge in [-0.25, -0.2) is 4.79 Å². The first-order valence-corrected chi connectivity index (χ1v) is 11.4. The van der Waals surface area contributed by atoms with Crippen LogP contribution in [0, 0.1) is 24.7 Å². The summed E-state index contributed by atoms with van der Waals surface area (Å²) in [5, 5.41) is 0.985. The molecule has 6 heteroatoms. The Labute approximate surface area is 180 Å². The van der Waals surface area contributed by atoms with E-state index >= 15 is 0 Å². The van der Waals surface area contributed by atoms with Crippen LogP contribution in [0.25, 0.3) is 0 Å². The van der Waals surface area contributed by atoms with Crippen molar-refractivity contribution in [2.24, 2.45) is 0 Å². The van der Waals surface area contributed by atoms with Crippen molar-refractivity contribution >= 4 is 22.6 Å². The van der Waals surface area contributed by atoms with Gasteiger partial charge in [0.05, 0.1) is 19.0 Å². The maximum Gasteiger partial charge on any atom is 0.327 e. The number of hydrogen-bond acceptors (Lipinski definition) is 4. The summed E-state index contributed by atoms with van der Waals surface area (Å²) in [6, 6.07) is 0.163. The molecular formula is C23H34N4OS. The summed E-state index contributed by atoms with van der Waals surface area (Å²) in [7, 11) is 0. The van der Waals surface area contributed by atoms with Crippen molar-refractivity contribution in [1.29, 1.82) is 0 Å². The minimum absolute atomic E-state index is 0.0138. The molecule has 0 spiro atoms. The van der Waals surface area contributed by atoms with Crippen LogP contribution in [0.3, 0.4) is 0 Å². The molecule has 1 fully saturated rings. The lowest BCUT2D eigenvalue weighted by Crippen LogP contribution is -2.62. The lowest BCUT2D eigenvalue weighted by Gasteiger charge is -2.45. The van der Waals surface area contributed by atoms with Gasteiger partial charge in [-0.15, -0.1) is 24.7 Å². The first kappa shape index (κ1) is 23.3. The molecule has 0 radical (unpaired) electrons. The number of anilines is 1. The number of terminal acetylenes is 2. The average Bonchev–Trinajstić information content (AvgIpc) is 3.09. The van der Waals surface area contributed by atoms with Gasteiger partial charge in [-0.3, -0.25) is 9.80 Å². The molecule has 1 aromatic rings. The fourth-order valence-electron chi connectivity index (χ4n) is 3.62. The molecule has 29 heavy (non-hydrogen) atoms. The van der Waals surface area contributed by atoms with E-state index in [1.54, 1.807) is 0 Å². The molecule has 0 bridgehead atoms. The molecule has 0 aliphatic carbocycles. The highest BCUT2D eigenvalue weighted by Crippen LogP contribution is 2.34. The van der Waals surface area contributed by atoms with E-state index in [0.717, 1.165) is 42.8 Å². The quantitative estimate of drug-likeness (QED) is 0.520. The Morgan fingerprint density at radius 3 is 2.38 bits per heavy atom. The second-order valence-corrected chi connectivity index (χ2v) is 8.58. The number of carbonyl (C=O) groups is 1. The first-order valence-electron chi connectivity index (χ1n) is 10.6. The Hall–Kier alpha value is -2.02. The van der Waals surface area contributed by atoms with Gasteiger partial charge >= 0.3 is 6.03 Å². The molecule has 1 aliphatic heterocycles.